The number of rotatable bonds is 6. The van der Waals surface area contributed by atoms with Gasteiger partial charge in [0, 0.05) is 42.9 Å². The molecule has 0 spiro atoms. The molecule has 3 heterocycles. The van der Waals surface area contributed by atoms with Crippen molar-refractivity contribution in [3.8, 4) is 17.0 Å². The molecular weight excluding hydrogens is 544 g/mol. The van der Waals surface area contributed by atoms with Gasteiger partial charge in [-0.05, 0) is 76.9 Å². The number of carbonyl (C=O) groups excluding carboxylic acids is 2. The summed E-state index contributed by atoms with van der Waals surface area (Å²) in [5, 5.41) is 7.11. The number of piperidine rings is 1. The molecule has 1 saturated heterocycles. The first-order valence-corrected chi connectivity index (χ1v) is 13.9. The van der Waals surface area contributed by atoms with Gasteiger partial charge in [-0.3, -0.25) is 4.79 Å². The summed E-state index contributed by atoms with van der Waals surface area (Å²) < 4.78 is 40.7. The average molecular weight is 578 g/mol. The van der Waals surface area contributed by atoms with Crippen LogP contribution >= 0.6 is 0 Å². The van der Waals surface area contributed by atoms with E-state index in [1.165, 1.54) is 4.52 Å². The highest BCUT2D eigenvalue weighted by Crippen LogP contribution is 2.32. The van der Waals surface area contributed by atoms with Crippen molar-refractivity contribution in [2.45, 2.75) is 52.1 Å². The molecule has 220 valence electrons. The van der Waals surface area contributed by atoms with Crippen LogP contribution in [0.15, 0.2) is 54.7 Å². The highest BCUT2D eigenvalue weighted by Gasteiger charge is 2.31. The summed E-state index contributed by atoms with van der Waals surface area (Å²) in [6, 6.07) is 12.2. The van der Waals surface area contributed by atoms with Crippen molar-refractivity contribution in [1.82, 2.24) is 19.5 Å². The van der Waals surface area contributed by atoms with E-state index in [1.54, 1.807) is 11.1 Å². The van der Waals surface area contributed by atoms with Crippen LogP contribution in [0.25, 0.3) is 16.9 Å². The van der Waals surface area contributed by atoms with Gasteiger partial charge in [0.1, 0.15) is 23.0 Å². The number of amides is 2. The number of nitrogens with one attached hydrogen (secondary N) is 1. The Balaban J connectivity index is 1.47. The minimum atomic E-state index is -0.761. The van der Waals surface area contributed by atoms with E-state index in [2.05, 4.69) is 10.4 Å². The maximum Gasteiger partial charge on any atom is 0.410 e. The van der Waals surface area contributed by atoms with Crippen LogP contribution in [0.3, 0.4) is 0 Å². The van der Waals surface area contributed by atoms with Crippen LogP contribution in [0.1, 0.15) is 62.5 Å². The molecule has 1 aliphatic heterocycles. The Kier molecular flexibility index (Phi) is 8.11. The monoisotopic (exact) mass is 577 g/mol. The van der Waals surface area contributed by atoms with Gasteiger partial charge >= 0.3 is 6.09 Å². The second kappa shape index (κ2) is 11.8. The number of nitrogens with zero attached hydrogens (tertiary/aromatic N) is 4. The zero-order chi connectivity index (χ0) is 30.0. The first-order chi connectivity index (χ1) is 20.0. The van der Waals surface area contributed by atoms with Crippen LogP contribution in [-0.4, -0.2) is 56.8 Å². The summed E-state index contributed by atoms with van der Waals surface area (Å²) in [5.74, 6) is -1.51. The molecule has 2 amide bonds. The van der Waals surface area contributed by atoms with E-state index >= 15 is 0 Å². The maximum atomic E-state index is 14.4. The van der Waals surface area contributed by atoms with E-state index in [-0.39, 0.29) is 23.3 Å². The highest BCUT2D eigenvalue weighted by atomic mass is 19.1. The molecule has 11 heteroatoms. The molecule has 0 atom stereocenters. The molecule has 5 rings (SSSR count). The van der Waals surface area contributed by atoms with Gasteiger partial charge in [0.05, 0.1) is 29.2 Å². The number of ether oxygens (including phenoxy) is 2. The van der Waals surface area contributed by atoms with Gasteiger partial charge in [0.15, 0.2) is 5.65 Å². The quantitative estimate of drug-likeness (QED) is 0.283. The van der Waals surface area contributed by atoms with Crippen molar-refractivity contribution in [2.75, 3.05) is 25.0 Å². The molecule has 2 aromatic carbocycles. The summed E-state index contributed by atoms with van der Waals surface area (Å²) in [6.07, 6.45) is 2.25. The minimum absolute atomic E-state index is 0.171. The van der Waals surface area contributed by atoms with E-state index in [9.17, 15) is 18.4 Å². The fourth-order valence-corrected chi connectivity index (χ4v) is 4.90. The Bertz CT molecular complexity index is 1610. The first-order valence-electron chi connectivity index (χ1n) is 13.9. The Morgan fingerprint density at radius 3 is 2.43 bits per heavy atom. The molecule has 2 aromatic heterocycles. The maximum absolute atomic E-state index is 14.4. The van der Waals surface area contributed by atoms with Crippen molar-refractivity contribution in [1.29, 1.82) is 0 Å². The van der Waals surface area contributed by atoms with Crippen LogP contribution in [0.5, 0.6) is 5.75 Å². The largest absolute Gasteiger partial charge is 0.494 e. The fraction of sp³-hybridized carbons (Fsp3) is 0.355. The lowest BCUT2D eigenvalue weighted by Crippen LogP contribution is -2.41. The van der Waals surface area contributed by atoms with Gasteiger partial charge in [-0.2, -0.15) is 5.10 Å². The fourth-order valence-electron chi connectivity index (χ4n) is 4.90. The smallest absolute Gasteiger partial charge is 0.410 e. The minimum Gasteiger partial charge on any atom is -0.494 e. The first kappa shape index (κ1) is 29.0. The number of likely N-dealkylation sites (tertiary alicyclic amines) is 1. The number of hydrogen-bond acceptors (Lipinski definition) is 6. The van der Waals surface area contributed by atoms with Crippen LogP contribution < -0.4 is 10.1 Å². The lowest BCUT2D eigenvalue weighted by atomic mass is 9.90. The molecule has 1 aliphatic rings. The number of anilines is 1. The van der Waals surface area contributed by atoms with Gasteiger partial charge in [-0.15, -0.1) is 0 Å². The van der Waals surface area contributed by atoms with Crippen molar-refractivity contribution in [2.24, 2.45) is 0 Å². The van der Waals surface area contributed by atoms with Crippen molar-refractivity contribution >= 4 is 23.3 Å². The number of hydrogen-bond donors (Lipinski definition) is 1. The summed E-state index contributed by atoms with van der Waals surface area (Å²) >= 11 is 0. The Morgan fingerprint density at radius 2 is 1.76 bits per heavy atom. The third-order valence-corrected chi connectivity index (χ3v) is 6.89. The molecule has 1 fully saturated rings. The standard InChI is InChI=1S/C31H33F2N5O4/c1-5-41-22-9-6-19(7-10-22)25-17-27-35-28(20-12-14-37(15-13-20)30(40)42-31(2,3)4)23(18-38(27)36-25)29(39)34-26-16-21(32)8-11-24(26)33/h6-11,16-18,20H,5,12-15H2,1-4H3,(H,34,39). The molecule has 0 radical (unpaired) electrons. The van der Waals surface area contributed by atoms with Crippen LogP contribution in [0, 0.1) is 11.6 Å². The molecule has 0 saturated carbocycles. The lowest BCUT2D eigenvalue weighted by Gasteiger charge is -2.33. The summed E-state index contributed by atoms with van der Waals surface area (Å²) in [7, 11) is 0. The third-order valence-electron chi connectivity index (χ3n) is 6.89. The van der Waals surface area contributed by atoms with Gasteiger partial charge < -0.3 is 19.7 Å². The summed E-state index contributed by atoms with van der Waals surface area (Å²) in [5.41, 5.74) is 1.80. The molecular formula is C31H33F2N5O4. The SMILES string of the molecule is CCOc1ccc(-c2cc3nc(C4CCN(C(=O)OC(C)(C)C)CC4)c(C(=O)Nc4cc(F)ccc4F)cn3n2)cc1. The second-order valence-electron chi connectivity index (χ2n) is 11.1. The summed E-state index contributed by atoms with van der Waals surface area (Å²) in [6.45, 7) is 8.76. The van der Waals surface area contributed by atoms with E-state index in [1.807, 2.05) is 58.0 Å². The zero-order valence-electron chi connectivity index (χ0n) is 24.0. The number of benzene rings is 2. The Hall–Kier alpha value is -4.54. The normalized spacial score (nSPS) is 14.2. The zero-order valence-corrected chi connectivity index (χ0v) is 24.0. The predicted octanol–water partition coefficient (Wildman–Crippen LogP) is 6.44. The van der Waals surface area contributed by atoms with Gasteiger partial charge in [-0.25, -0.2) is 23.1 Å². The molecule has 0 aliphatic carbocycles. The Labute approximate surface area is 242 Å². The van der Waals surface area contributed by atoms with E-state index in [0.29, 0.717) is 49.6 Å². The summed E-state index contributed by atoms with van der Waals surface area (Å²) in [4.78, 5) is 32.6. The van der Waals surface area contributed by atoms with E-state index < -0.39 is 23.1 Å². The van der Waals surface area contributed by atoms with Gasteiger partial charge in [0.25, 0.3) is 5.91 Å². The lowest BCUT2D eigenvalue weighted by molar-refractivity contribution is 0.0203. The van der Waals surface area contributed by atoms with Crippen molar-refractivity contribution in [3.63, 3.8) is 0 Å². The number of fused-ring (bicyclic) bond motifs is 1. The van der Waals surface area contributed by atoms with E-state index in [4.69, 9.17) is 14.5 Å². The third kappa shape index (κ3) is 6.50. The topological polar surface area (TPSA) is 98.1 Å². The number of aromatic nitrogens is 3. The second-order valence-corrected chi connectivity index (χ2v) is 11.1. The molecule has 9 nitrogen and oxygen atoms in total. The molecule has 1 N–H and O–H groups in total. The Morgan fingerprint density at radius 1 is 1.05 bits per heavy atom. The predicted molar refractivity (Wildman–Crippen MR) is 154 cm³/mol. The van der Waals surface area contributed by atoms with Gasteiger partial charge in [0.2, 0.25) is 0 Å². The van der Waals surface area contributed by atoms with E-state index in [0.717, 1.165) is 29.5 Å². The molecule has 42 heavy (non-hydrogen) atoms. The van der Waals surface area contributed by atoms with Crippen molar-refractivity contribution in [3.05, 3.63) is 77.6 Å². The van der Waals surface area contributed by atoms with Crippen molar-refractivity contribution < 1.29 is 27.8 Å². The van der Waals surface area contributed by atoms with Crippen LogP contribution in [-0.2, 0) is 4.74 Å². The molecule has 0 bridgehead atoms. The average Bonchev–Trinajstić information content (AvgIpc) is 3.37. The van der Waals surface area contributed by atoms with Crippen LogP contribution in [0.4, 0.5) is 19.3 Å². The molecule has 4 aromatic rings. The highest BCUT2D eigenvalue weighted by molar-refractivity contribution is 6.05. The van der Waals surface area contributed by atoms with Gasteiger partial charge in [-0.1, -0.05) is 0 Å². The van der Waals surface area contributed by atoms with Crippen LogP contribution in [0.2, 0.25) is 0 Å². The molecule has 0 unspecified atom stereocenters. The number of carbonyl (C=O) groups is 2. The number of halogens is 2.